The maximum absolute atomic E-state index is 12.0. The molecule has 1 atom stereocenters. The zero-order valence-corrected chi connectivity index (χ0v) is 4.53. The van der Waals surface area contributed by atoms with Gasteiger partial charge < -0.3 is 5.11 Å². The van der Waals surface area contributed by atoms with Crippen LogP contribution in [-0.2, 0) is 0 Å². The molecular formula is C5H9FO. The molecule has 0 aromatic carbocycles. The van der Waals surface area contributed by atoms with Crippen LogP contribution in [0.25, 0.3) is 0 Å². The van der Waals surface area contributed by atoms with Crippen LogP contribution in [0.1, 0.15) is 13.8 Å². The smallest absolute Gasteiger partial charge is 0.225 e. The van der Waals surface area contributed by atoms with Gasteiger partial charge in [-0.1, -0.05) is 6.58 Å². The number of alkyl halides is 1. The maximum atomic E-state index is 12.0. The third-order valence-electron chi connectivity index (χ3n) is 0.779. The molecule has 0 heterocycles. The Hall–Kier alpha value is -0.370. The van der Waals surface area contributed by atoms with Crippen LogP contribution in [0, 0.1) is 0 Å². The first-order valence-corrected chi connectivity index (χ1v) is 2.02. The molecule has 1 N–H and O–H groups in total. The summed E-state index contributed by atoms with van der Waals surface area (Å²) in [6, 6.07) is 0. The predicted octanol–water partition coefficient (Wildman–Crippen LogP) is 1.24. The summed E-state index contributed by atoms with van der Waals surface area (Å²) in [4.78, 5) is 0. The van der Waals surface area contributed by atoms with Gasteiger partial charge in [-0.2, -0.15) is 0 Å². The monoisotopic (exact) mass is 104 g/mol. The number of hydrogen-bond donors (Lipinski definition) is 1. The molecule has 0 amide bonds. The molecule has 1 nitrogen and oxygen atoms in total. The second-order valence-corrected chi connectivity index (χ2v) is 1.73. The molecule has 0 aliphatic carbocycles. The Morgan fingerprint density at radius 1 is 1.86 bits per heavy atom. The maximum Gasteiger partial charge on any atom is 0.225 e. The molecule has 42 valence electrons. The SMILES string of the molecule is C=C(C)C(C)(O)F. The van der Waals surface area contributed by atoms with Gasteiger partial charge in [0, 0.05) is 0 Å². The van der Waals surface area contributed by atoms with Crippen molar-refractivity contribution in [1.82, 2.24) is 0 Å². The van der Waals surface area contributed by atoms with Crippen molar-refractivity contribution in [2.24, 2.45) is 0 Å². The van der Waals surface area contributed by atoms with Crippen LogP contribution in [0.2, 0.25) is 0 Å². The highest BCUT2D eigenvalue weighted by molar-refractivity contribution is 4.99. The fourth-order valence-electron chi connectivity index (χ4n) is 0. The summed E-state index contributed by atoms with van der Waals surface area (Å²) in [7, 11) is 0. The number of halogens is 1. The zero-order chi connectivity index (χ0) is 6.08. The van der Waals surface area contributed by atoms with Crippen molar-refractivity contribution >= 4 is 0 Å². The van der Waals surface area contributed by atoms with Crippen molar-refractivity contribution in [1.29, 1.82) is 0 Å². The van der Waals surface area contributed by atoms with Crippen molar-refractivity contribution in [3.8, 4) is 0 Å². The van der Waals surface area contributed by atoms with Gasteiger partial charge in [-0.25, -0.2) is 4.39 Å². The highest BCUT2D eigenvalue weighted by atomic mass is 19.2. The second-order valence-electron chi connectivity index (χ2n) is 1.73. The van der Waals surface area contributed by atoms with Crippen LogP contribution in [0.15, 0.2) is 12.2 Å². The van der Waals surface area contributed by atoms with E-state index in [0.717, 1.165) is 6.92 Å². The fraction of sp³-hybridized carbons (Fsp3) is 0.600. The Morgan fingerprint density at radius 2 is 2.00 bits per heavy atom. The Morgan fingerprint density at radius 3 is 2.00 bits per heavy atom. The molecule has 0 aliphatic heterocycles. The van der Waals surface area contributed by atoms with E-state index in [1.807, 2.05) is 0 Å². The lowest BCUT2D eigenvalue weighted by molar-refractivity contribution is -0.0334. The Bertz CT molecular complexity index is 80.6. The molecule has 0 bridgehead atoms. The Balaban J connectivity index is 3.79. The normalized spacial score (nSPS) is 18.3. The van der Waals surface area contributed by atoms with Crippen LogP contribution in [-0.4, -0.2) is 11.0 Å². The van der Waals surface area contributed by atoms with E-state index in [-0.39, 0.29) is 5.57 Å². The summed E-state index contributed by atoms with van der Waals surface area (Å²) < 4.78 is 12.0. The first kappa shape index (κ1) is 6.63. The molecule has 0 aromatic heterocycles. The second kappa shape index (κ2) is 1.62. The molecule has 0 aromatic rings. The standard InChI is InChI=1S/C5H9FO/c1-4(2)5(3,6)7/h7H,1H2,2-3H3. The zero-order valence-electron chi connectivity index (χ0n) is 4.53. The van der Waals surface area contributed by atoms with E-state index in [2.05, 4.69) is 6.58 Å². The molecule has 0 rings (SSSR count). The largest absolute Gasteiger partial charge is 0.359 e. The average Bonchev–Trinajstić information content (AvgIpc) is 1.31. The van der Waals surface area contributed by atoms with E-state index >= 15 is 0 Å². The van der Waals surface area contributed by atoms with Gasteiger partial charge in [0.05, 0.1) is 0 Å². The highest BCUT2D eigenvalue weighted by Gasteiger charge is 2.17. The summed E-state index contributed by atoms with van der Waals surface area (Å²) in [6.45, 7) is 5.68. The van der Waals surface area contributed by atoms with Gasteiger partial charge in [-0.3, -0.25) is 0 Å². The minimum Gasteiger partial charge on any atom is -0.359 e. The van der Waals surface area contributed by atoms with Gasteiger partial charge in [0.15, 0.2) is 0 Å². The van der Waals surface area contributed by atoms with Gasteiger partial charge >= 0.3 is 0 Å². The van der Waals surface area contributed by atoms with E-state index < -0.39 is 5.85 Å². The summed E-state index contributed by atoms with van der Waals surface area (Å²) in [5.41, 5.74) is 0.132. The summed E-state index contributed by atoms with van der Waals surface area (Å²) in [5, 5.41) is 8.33. The third kappa shape index (κ3) is 2.34. The van der Waals surface area contributed by atoms with Gasteiger partial charge in [0.25, 0.3) is 0 Å². The van der Waals surface area contributed by atoms with Crippen LogP contribution in [0.4, 0.5) is 4.39 Å². The molecule has 0 aliphatic rings. The number of hydrogen-bond acceptors (Lipinski definition) is 1. The van der Waals surface area contributed by atoms with Gasteiger partial charge in [-0.15, -0.1) is 0 Å². The van der Waals surface area contributed by atoms with E-state index in [1.165, 1.54) is 6.92 Å². The quantitative estimate of drug-likeness (QED) is 0.496. The molecule has 7 heavy (non-hydrogen) atoms. The molecule has 0 spiro atoms. The van der Waals surface area contributed by atoms with Gasteiger partial charge in [0.2, 0.25) is 5.85 Å². The number of aliphatic hydroxyl groups is 1. The van der Waals surface area contributed by atoms with Crippen LogP contribution >= 0.6 is 0 Å². The summed E-state index contributed by atoms with van der Waals surface area (Å²) in [5.74, 6) is -2.19. The molecule has 2 heteroatoms. The molecule has 1 unspecified atom stereocenters. The van der Waals surface area contributed by atoms with E-state index in [0.29, 0.717) is 0 Å². The summed E-state index contributed by atoms with van der Waals surface area (Å²) in [6.07, 6.45) is 0. The molecular weight excluding hydrogens is 95.1 g/mol. The van der Waals surface area contributed by atoms with E-state index in [4.69, 9.17) is 5.11 Å². The number of rotatable bonds is 1. The van der Waals surface area contributed by atoms with Crippen molar-refractivity contribution in [3.05, 3.63) is 12.2 Å². The van der Waals surface area contributed by atoms with E-state index in [1.54, 1.807) is 0 Å². The van der Waals surface area contributed by atoms with Crippen molar-refractivity contribution in [2.45, 2.75) is 19.7 Å². The Labute approximate surface area is 42.5 Å². The topological polar surface area (TPSA) is 20.2 Å². The first-order valence-electron chi connectivity index (χ1n) is 2.02. The van der Waals surface area contributed by atoms with Gasteiger partial charge in [-0.05, 0) is 19.4 Å². The van der Waals surface area contributed by atoms with Crippen molar-refractivity contribution < 1.29 is 9.50 Å². The Kier molecular flexibility index (Phi) is 1.53. The fourth-order valence-corrected chi connectivity index (χ4v) is 0. The van der Waals surface area contributed by atoms with Crippen LogP contribution in [0.3, 0.4) is 0 Å². The van der Waals surface area contributed by atoms with E-state index in [9.17, 15) is 4.39 Å². The predicted molar refractivity (Wildman–Crippen MR) is 26.5 cm³/mol. The van der Waals surface area contributed by atoms with Crippen LogP contribution < -0.4 is 0 Å². The van der Waals surface area contributed by atoms with Crippen LogP contribution in [0.5, 0.6) is 0 Å². The molecule has 0 radical (unpaired) electrons. The highest BCUT2D eigenvalue weighted by Crippen LogP contribution is 2.13. The van der Waals surface area contributed by atoms with Crippen molar-refractivity contribution in [3.63, 3.8) is 0 Å². The molecule has 0 saturated carbocycles. The molecule has 0 fully saturated rings. The van der Waals surface area contributed by atoms with Crippen molar-refractivity contribution in [2.75, 3.05) is 0 Å². The lowest BCUT2D eigenvalue weighted by atomic mass is 10.2. The minimum atomic E-state index is -2.19. The summed E-state index contributed by atoms with van der Waals surface area (Å²) >= 11 is 0. The average molecular weight is 104 g/mol. The first-order chi connectivity index (χ1) is 2.94. The molecule has 0 saturated heterocycles. The third-order valence-corrected chi connectivity index (χ3v) is 0.779. The lowest BCUT2D eigenvalue weighted by Gasteiger charge is -2.10. The lowest BCUT2D eigenvalue weighted by Crippen LogP contribution is -2.16. The van der Waals surface area contributed by atoms with Gasteiger partial charge in [0.1, 0.15) is 0 Å². The minimum absolute atomic E-state index is 0.132.